The van der Waals surface area contributed by atoms with Crippen molar-refractivity contribution in [2.45, 2.75) is 70.4 Å². The van der Waals surface area contributed by atoms with E-state index in [0.29, 0.717) is 25.1 Å². The lowest BCUT2D eigenvalue weighted by Gasteiger charge is -2.30. The van der Waals surface area contributed by atoms with Gasteiger partial charge in [0.2, 0.25) is 0 Å². The van der Waals surface area contributed by atoms with Gasteiger partial charge in [0.15, 0.2) is 18.1 Å². The summed E-state index contributed by atoms with van der Waals surface area (Å²) in [6.07, 6.45) is 4.29. The van der Waals surface area contributed by atoms with Gasteiger partial charge in [-0.25, -0.2) is 4.79 Å². The number of aromatic amines is 1. The second-order valence-electron chi connectivity index (χ2n) is 7.43. The summed E-state index contributed by atoms with van der Waals surface area (Å²) in [7, 11) is 1.72. The Hall–Kier alpha value is -1.81. The number of aryl methyl sites for hydroxylation is 1. The molecule has 1 fully saturated rings. The van der Waals surface area contributed by atoms with E-state index in [-0.39, 0.29) is 6.61 Å². The molecule has 0 aliphatic carbocycles. The Morgan fingerprint density at radius 1 is 1.28 bits per heavy atom. The zero-order valence-electron chi connectivity index (χ0n) is 17.7. The summed E-state index contributed by atoms with van der Waals surface area (Å²) in [5, 5.41) is 3.13. The monoisotopic (exact) mass is 411 g/mol. The van der Waals surface area contributed by atoms with Crippen LogP contribution in [0, 0.1) is 6.92 Å². The van der Waals surface area contributed by atoms with Crippen LogP contribution in [0.15, 0.2) is 15.8 Å². The van der Waals surface area contributed by atoms with Gasteiger partial charge in [-0.1, -0.05) is 26.7 Å². The maximum Gasteiger partial charge on any atom is 0.330 e. The number of unbranched alkanes of at least 4 members (excludes halogenated alkanes) is 2. The minimum Gasteiger partial charge on any atom is -0.378 e. The molecule has 1 aromatic rings. The molecule has 1 aliphatic heterocycles. The molecule has 0 spiro atoms. The fraction of sp³-hybridized carbons (Fsp3) is 0.750. The number of nitrogens with one attached hydrogen (secondary N) is 2. The Balaban J connectivity index is 2.40. The summed E-state index contributed by atoms with van der Waals surface area (Å²) in [6.45, 7) is 6.70. The van der Waals surface area contributed by atoms with Crippen LogP contribution in [-0.4, -0.2) is 60.5 Å². The lowest BCUT2D eigenvalue weighted by molar-refractivity contribution is -0.162. The smallest absolute Gasteiger partial charge is 0.330 e. The molecule has 1 aliphatic rings. The number of likely N-dealkylation sites (N-methyl/N-ethyl adjacent to an activating group) is 1. The number of H-pyrrole nitrogens is 1. The molecule has 2 heterocycles. The molecule has 1 aromatic heterocycles. The van der Waals surface area contributed by atoms with Crippen LogP contribution in [0.3, 0.4) is 0 Å². The number of rotatable bonds is 12. The van der Waals surface area contributed by atoms with E-state index in [1.54, 1.807) is 14.0 Å². The molecule has 0 bridgehead atoms. The molecule has 9 nitrogen and oxygen atoms in total. The average molecular weight is 411 g/mol. The van der Waals surface area contributed by atoms with Crippen LogP contribution in [-0.2, 0) is 19.0 Å². The first kappa shape index (κ1) is 23.5. The summed E-state index contributed by atoms with van der Waals surface area (Å²) in [4.78, 5) is 38.7. The zero-order valence-corrected chi connectivity index (χ0v) is 17.7. The zero-order chi connectivity index (χ0) is 21.4. The first-order valence-corrected chi connectivity index (χ1v) is 10.3. The standard InChI is InChI=1S/C20H33N3O6/c1-5-7-9-27-13-20(12-24)16(28-10-8-6-2)15(21-4)18(29-20)23-11-14(3)17(25)22-19(23)26/h11-12,15-16,18,21H,5-10,13H2,1-4H3,(H,22,25,26)/t15?,16?,18-,20-/m1/s1. The molecule has 2 unspecified atom stereocenters. The predicted octanol–water partition coefficient (Wildman–Crippen LogP) is 0.902. The normalized spacial score (nSPS) is 26.7. The summed E-state index contributed by atoms with van der Waals surface area (Å²) in [5.74, 6) is 0. The van der Waals surface area contributed by atoms with Gasteiger partial charge in [-0.3, -0.25) is 19.1 Å². The minimum atomic E-state index is -1.36. The number of ether oxygens (including phenoxy) is 3. The van der Waals surface area contributed by atoms with E-state index in [1.807, 2.05) is 0 Å². The number of hydrogen-bond donors (Lipinski definition) is 2. The highest BCUT2D eigenvalue weighted by atomic mass is 16.6. The lowest BCUT2D eigenvalue weighted by atomic mass is 9.95. The molecule has 0 saturated carbocycles. The largest absolute Gasteiger partial charge is 0.378 e. The third-order valence-corrected chi connectivity index (χ3v) is 5.17. The predicted molar refractivity (Wildman–Crippen MR) is 108 cm³/mol. The van der Waals surface area contributed by atoms with Crippen LogP contribution in [0.25, 0.3) is 0 Å². The second kappa shape index (κ2) is 10.8. The van der Waals surface area contributed by atoms with Crippen LogP contribution in [0.4, 0.5) is 0 Å². The minimum absolute atomic E-state index is 0.0268. The van der Waals surface area contributed by atoms with Crippen LogP contribution in [0.1, 0.15) is 51.3 Å². The van der Waals surface area contributed by atoms with Crippen molar-refractivity contribution in [1.29, 1.82) is 0 Å². The molecular weight excluding hydrogens is 378 g/mol. The summed E-state index contributed by atoms with van der Waals surface area (Å²) in [5.41, 5.74) is -2.05. The highest BCUT2D eigenvalue weighted by molar-refractivity contribution is 5.65. The van der Waals surface area contributed by atoms with Crippen molar-refractivity contribution in [3.8, 4) is 0 Å². The van der Waals surface area contributed by atoms with Crippen LogP contribution in [0.5, 0.6) is 0 Å². The fourth-order valence-electron chi connectivity index (χ4n) is 3.44. The van der Waals surface area contributed by atoms with Crippen molar-refractivity contribution in [3.05, 3.63) is 32.6 Å². The maximum atomic E-state index is 12.4. The third kappa shape index (κ3) is 5.22. The number of aromatic nitrogens is 2. The van der Waals surface area contributed by atoms with Gasteiger partial charge in [-0.05, 0) is 26.8 Å². The van der Waals surface area contributed by atoms with Gasteiger partial charge in [0, 0.05) is 25.0 Å². The van der Waals surface area contributed by atoms with Crippen LogP contribution in [0.2, 0.25) is 0 Å². The maximum absolute atomic E-state index is 12.4. The van der Waals surface area contributed by atoms with E-state index in [2.05, 4.69) is 24.1 Å². The second-order valence-corrected chi connectivity index (χ2v) is 7.43. The average Bonchev–Trinajstić information content (AvgIpc) is 3.02. The van der Waals surface area contributed by atoms with Crippen LogP contribution < -0.4 is 16.6 Å². The van der Waals surface area contributed by atoms with E-state index < -0.39 is 35.2 Å². The van der Waals surface area contributed by atoms with E-state index in [1.165, 1.54) is 10.8 Å². The van der Waals surface area contributed by atoms with E-state index in [4.69, 9.17) is 14.2 Å². The molecule has 29 heavy (non-hydrogen) atoms. The van der Waals surface area contributed by atoms with Crippen molar-refractivity contribution >= 4 is 6.29 Å². The quantitative estimate of drug-likeness (QED) is 0.388. The molecule has 0 aromatic carbocycles. The van der Waals surface area contributed by atoms with Crippen LogP contribution >= 0.6 is 0 Å². The molecule has 4 atom stereocenters. The van der Waals surface area contributed by atoms with Crippen molar-refractivity contribution in [2.75, 3.05) is 26.9 Å². The Morgan fingerprint density at radius 3 is 2.59 bits per heavy atom. The first-order chi connectivity index (χ1) is 13.9. The first-order valence-electron chi connectivity index (χ1n) is 10.3. The van der Waals surface area contributed by atoms with E-state index in [9.17, 15) is 14.4 Å². The lowest BCUT2D eigenvalue weighted by Crippen LogP contribution is -2.53. The summed E-state index contributed by atoms with van der Waals surface area (Å²) >= 11 is 0. The molecule has 9 heteroatoms. The van der Waals surface area contributed by atoms with Crippen molar-refractivity contribution in [3.63, 3.8) is 0 Å². The molecule has 2 N–H and O–H groups in total. The Bertz CT molecular complexity index is 776. The SMILES string of the molecule is CCCCOC[C@@]1(C=O)O[C@@H](n2cc(C)c(=O)[nH]c2=O)C(NC)C1OCCCC. The molecule has 0 radical (unpaired) electrons. The van der Waals surface area contributed by atoms with Gasteiger partial charge >= 0.3 is 5.69 Å². The van der Waals surface area contributed by atoms with E-state index >= 15 is 0 Å². The number of hydrogen-bond acceptors (Lipinski definition) is 7. The number of nitrogens with zero attached hydrogens (tertiary/aromatic N) is 1. The van der Waals surface area contributed by atoms with Gasteiger partial charge in [0.1, 0.15) is 6.10 Å². The molecule has 1 saturated heterocycles. The summed E-state index contributed by atoms with van der Waals surface area (Å²) in [6, 6.07) is -0.491. The highest BCUT2D eigenvalue weighted by Gasteiger charge is 2.57. The molecule has 164 valence electrons. The topological polar surface area (TPSA) is 112 Å². The van der Waals surface area contributed by atoms with Gasteiger partial charge in [0.05, 0.1) is 12.6 Å². The Labute approximate surface area is 170 Å². The molecule has 2 rings (SSSR count). The highest BCUT2D eigenvalue weighted by Crippen LogP contribution is 2.38. The molecular formula is C20H33N3O6. The van der Waals surface area contributed by atoms with Crippen molar-refractivity contribution in [2.24, 2.45) is 0 Å². The summed E-state index contributed by atoms with van der Waals surface area (Å²) < 4.78 is 19.2. The van der Waals surface area contributed by atoms with E-state index in [0.717, 1.165) is 25.7 Å². The fourth-order valence-corrected chi connectivity index (χ4v) is 3.44. The van der Waals surface area contributed by atoms with Gasteiger partial charge in [0.25, 0.3) is 5.56 Å². The number of carbonyl (C=O) groups is 1. The number of carbonyl (C=O) groups excluding carboxylic acids is 1. The van der Waals surface area contributed by atoms with Gasteiger partial charge in [-0.15, -0.1) is 0 Å². The molecule has 0 amide bonds. The van der Waals surface area contributed by atoms with Crippen molar-refractivity contribution in [1.82, 2.24) is 14.9 Å². The Morgan fingerprint density at radius 2 is 1.97 bits per heavy atom. The third-order valence-electron chi connectivity index (χ3n) is 5.17. The number of aldehydes is 1. The van der Waals surface area contributed by atoms with Gasteiger partial charge < -0.3 is 19.5 Å². The Kier molecular flexibility index (Phi) is 8.76. The van der Waals surface area contributed by atoms with Gasteiger partial charge in [-0.2, -0.15) is 0 Å². The van der Waals surface area contributed by atoms with Crippen molar-refractivity contribution < 1.29 is 19.0 Å².